The second-order valence-corrected chi connectivity index (χ2v) is 2.44. The van der Waals surface area contributed by atoms with Crippen molar-refractivity contribution < 1.29 is 14.3 Å². The SMILES string of the molecule is COC(=O)Cc1cc(OC)ccn1. The molecule has 1 rings (SSSR count). The molecule has 0 saturated heterocycles. The number of aromatic nitrogens is 1. The smallest absolute Gasteiger partial charge is 0.311 e. The summed E-state index contributed by atoms with van der Waals surface area (Å²) in [5, 5.41) is 0. The van der Waals surface area contributed by atoms with Crippen molar-refractivity contribution in [1.29, 1.82) is 0 Å². The van der Waals surface area contributed by atoms with Crippen molar-refractivity contribution in [2.45, 2.75) is 6.42 Å². The molecule has 0 aromatic carbocycles. The van der Waals surface area contributed by atoms with Crippen LogP contribution in [0.1, 0.15) is 5.69 Å². The van der Waals surface area contributed by atoms with Crippen LogP contribution in [0.15, 0.2) is 18.3 Å². The van der Waals surface area contributed by atoms with E-state index in [4.69, 9.17) is 4.74 Å². The van der Waals surface area contributed by atoms with Gasteiger partial charge in [-0.3, -0.25) is 9.78 Å². The van der Waals surface area contributed by atoms with Gasteiger partial charge < -0.3 is 9.47 Å². The van der Waals surface area contributed by atoms with Gasteiger partial charge >= 0.3 is 5.97 Å². The molecule has 4 heteroatoms. The Balaban J connectivity index is 2.71. The predicted octanol–water partition coefficient (Wildman–Crippen LogP) is 0.806. The molecule has 70 valence electrons. The molecular formula is C9H11NO3. The zero-order valence-electron chi connectivity index (χ0n) is 7.61. The Labute approximate surface area is 76.5 Å². The number of pyridine rings is 1. The highest BCUT2D eigenvalue weighted by Crippen LogP contribution is 2.10. The lowest BCUT2D eigenvalue weighted by Crippen LogP contribution is -2.05. The number of carbonyl (C=O) groups excluding carboxylic acids is 1. The van der Waals surface area contributed by atoms with E-state index >= 15 is 0 Å². The van der Waals surface area contributed by atoms with Crippen molar-refractivity contribution in [3.8, 4) is 5.75 Å². The highest BCUT2D eigenvalue weighted by Gasteiger charge is 2.04. The lowest BCUT2D eigenvalue weighted by molar-refractivity contribution is -0.139. The maximum absolute atomic E-state index is 10.9. The first-order chi connectivity index (χ1) is 6.26. The Morgan fingerprint density at radius 3 is 2.92 bits per heavy atom. The van der Waals surface area contributed by atoms with E-state index in [9.17, 15) is 4.79 Å². The molecule has 0 bridgehead atoms. The van der Waals surface area contributed by atoms with Gasteiger partial charge in [-0.2, -0.15) is 0 Å². The van der Waals surface area contributed by atoms with E-state index < -0.39 is 0 Å². The summed E-state index contributed by atoms with van der Waals surface area (Å²) in [6.45, 7) is 0. The van der Waals surface area contributed by atoms with E-state index in [2.05, 4.69) is 9.72 Å². The molecule has 0 spiro atoms. The molecule has 0 aliphatic carbocycles. The van der Waals surface area contributed by atoms with Crippen LogP contribution in [-0.4, -0.2) is 25.2 Å². The first kappa shape index (κ1) is 9.51. The molecule has 0 unspecified atom stereocenters. The minimum atomic E-state index is -0.305. The third-order valence-electron chi connectivity index (χ3n) is 1.58. The Hall–Kier alpha value is -1.58. The summed E-state index contributed by atoms with van der Waals surface area (Å²) >= 11 is 0. The van der Waals surface area contributed by atoms with Gasteiger partial charge in [0.2, 0.25) is 0 Å². The van der Waals surface area contributed by atoms with E-state index in [1.807, 2.05) is 0 Å². The van der Waals surface area contributed by atoms with E-state index in [0.717, 1.165) is 0 Å². The molecule has 0 amide bonds. The minimum absolute atomic E-state index is 0.174. The first-order valence-corrected chi connectivity index (χ1v) is 3.82. The zero-order chi connectivity index (χ0) is 9.68. The fraction of sp³-hybridized carbons (Fsp3) is 0.333. The van der Waals surface area contributed by atoms with Crippen molar-refractivity contribution in [3.63, 3.8) is 0 Å². The van der Waals surface area contributed by atoms with Gasteiger partial charge in [0.1, 0.15) is 5.75 Å². The summed E-state index contributed by atoms with van der Waals surface area (Å²) in [6.07, 6.45) is 1.77. The monoisotopic (exact) mass is 181 g/mol. The number of methoxy groups -OCH3 is 2. The topological polar surface area (TPSA) is 48.4 Å². The van der Waals surface area contributed by atoms with Gasteiger partial charge in [-0.05, 0) is 6.07 Å². The van der Waals surface area contributed by atoms with Crippen LogP contribution < -0.4 is 4.74 Å². The number of carbonyl (C=O) groups is 1. The highest BCUT2D eigenvalue weighted by atomic mass is 16.5. The number of ether oxygens (including phenoxy) is 2. The third kappa shape index (κ3) is 2.74. The van der Waals surface area contributed by atoms with Gasteiger partial charge in [-0.15, -0.1) is 0 Å². The molecule has 0 atom stereocenters. The molecule has 0 aliphatic rings. The van der Waals surface area contributed by atoms with Crippen LogP contribution in [0.25, 0.3) is 0 Å². The van der Waals surface area contributed by atoms with Gasteiger partial charge in [-0.1, -0.05) is 0 Å². The van der Waals surface area contributed by atoms with E-state index in [1.54, 1.807) is 25.4 Å². The maximum atomic E-state index is 10.9. The van der Waals surface area contributed by atoms with Crippen molar-refractivity contribution in [1.82, 2.24) is 4.98 Å². The number of hydrogen-bond donors (Lipinski definition) is 0. The molecule has 0 radical (unpaired) electrons. The normalized spacial score (nSPS) is 9.38. The Bertz CT molecular complexity index is 299. The van der Waals surface area contributed by atoms with Crippen molar-refractivity contribution in [2.24, 2.45) is 0 Å². The Morgan fingerprint density at radius 1 is 1.54 bits per heavy atom. The van der Waals surface area contributed by atoms with Crippen LogP contribution in [0.4, 0.5) is 0 Å². The van der Waals surface area contributed by atoms with E-state index in [-0.39, 0.29) is 12.4 Å². The summed E-state index contributed by atoms with van der Waals surface area (Å²) in [7, 11) is 2.92. The van der Waals surface area contributed by atoms with Gasteiger partial charge in [0.25, 0.3) is 0 Å². The standard InChI is InChI=1S/C9H11NO3/c1-12-8-3-4-10-7(5-8)6-9(11)13-2/h3-5H,6H2,1-2H3. The van der Waals surface area contributed by atoms with Gasteiger partial charge in [0, 0.05) is 12.3 Å². The maximum Gasteiger partial charge on any atom is 0.311 e. The second kappa shape index (κ2) is 4.45. The van der Waals surface area contributed by atoms with Crippen LogP contribution >= 0.6 is 0 Å². The van der Waals surface area contributed by atoms with Crippen LogP contribution in [0.5, 0.6) is 5.75 Å². The van der Waals surface area contributed by atoms with E-state index in [1.165, 1.54) is 7.11 Å². The number of rotatable bonds is 3. The number of hydrogen-bond acceptors (Lipinski definition) is 4. The van der Waals surface area contributed by atoms with Crippen molar-refractivity contribution in [2.75, 3.05) is 14.2 Å². The zero-order valence-corrected chi connectivity index (χ0v) is 7.61. The quantitative estimate of drug-likeness (QED) is 0.647. The molecule has 1 aromatic heterocycles. The third-order valence-corrected chi connectivity index (χ3v) is 1.58. The molecule has 0 aliphatic heterocycles. The molecule has 0 saturated carbocycles. The Morgan fingerprint density at radius 2 is 2.31 bits per heavy atom. The predicted molar refractivity (Wildman–Crippen MR) is 46.5 cm³/mol. The molecule has 0 fully saturated rings. The van der Waals surface area contributed by atoms with Crippen LogP contribution in [0.2, 0.25) is 0 Å². The van der Waals surface area contributed by atoms with Crippen LogP contribution in [0, 0.1) is 0 Å². The molecule has 13 heavy (non-hydrogen) atoms. The first-order valence-electron chi connectivity index (χ1n) is 3.82. The minimum Gasteiger partial charge on any atom is -0.497 e. The fourth-order valence-electron chi connectivity index (χ4n) is 0.900. The lowest BCUT2D eigenvalue weighted by atomic mass is 10.2. The second-order valence-electron chi connectivity index (χ2n) is 2.44. The molecule has 4 nitrogen and oxygen atoms in total. The number of esters is 1. The Kier molecular flexibility index (Phi) is 3.25. The van der Waals surface area contributed by atoms with Crippen LogP contribution in [-0.2, 0) is 16.0 Å². The summed E-state index contributed by atoms with van der Waals surface area (Å²) in [4.78, 5) is 14.9. The molecular weight excluding hydrogens is 170 g/mol. The lowest BCUT2D eigenvalue weighted by Gasteiger charge is -2.01. The summed E-state index contributed by atoms with van der Waals surface area (Å²) < 4.78 is 9.49. The summed E-state index contributed by atoms with van der Waals surface area (Å²) in [5.74, 6) is 0.384. The molecule has 1 aromatic rings. The average Bonchev–Trinajstić information content (AvgIpc) is 2.18. The van der Waals surface area contributed by atoms with Crippen LogP contribution in [0.3, 0.4) is 0 Å². The number of nitrogens with zero attached hydrogens (tertiary/aromatic N) is 1. The molecule has 0 N–H and O–H groups in total. The van der Waals surface area contributed by atoms with Gasteiger partial charge in [-0.25, -0.2) is 0 Å². The summed E-state index contributed by atoms with van der Waals surface area (Å²) in [6, 6.07) is 3.43. The fourth-order valence-corrected chi connectivity index (χ4v) is 0.900. The largest absolute Gasteiger partial charge is 0.497 e. The highest BCUT2D eigenvalue weighted by molar-refractivity contribution is 5.71. The van der Waals surface area contributed by atoms with E-state index in [0.29, 0.717) is 11.4 Å². The van der Waals surface area contributed by atoms with Gasteiger partial charge in [0.05, 0.1) is 26.3 Å². The van der Waals surface area contributed by atoms with Crippen molar-refractivity contribution >= 4 is 5.97 Å². The van der Waals surface area contributed by atoms with Gasteiger partial charge in [0.15, 0.2) is 0 Å². The summed E-state index contributed by atoms with van der Waals surface area (Å²) in [5.41, 5.74) is 0.645. The molecule has 1 heterocycles. The average molecular weight is 181 g/mol. The van der Waals surface area contributed by atoms with Crippen molar-refractivity contribution in [3.05, 3.63) is 24.0 Å².